The maximum atomic E-state index is 14.7. The van der Waals surface area contributed by atoms with Crippen LogP contribution >= 0.6 is 0 Å². The van der Waals surface area contributed by atoms with Gasteiger partial charge in [0.15, 0.2) is 5.82 Å². The molecule has 0 saturated carbocycles. The van der Waals surface area contributed by atoms with E-state index in [4.69, 9.17) is 4.98 Å². The number of pyridine rings is 1. The Kier molecular flexibility index (Phi) is 7.40. The molecule has 0 spiro atoms. The van der Waals surface area contributed by atoms with E-state index < -0.39 is 0 Å². The van der Waals surface area contributed by atoms with E-state index in [1.54, 1.807) is 30.7 Å². The summed E-state index contributed by atoms with van der Waals surface area (Å²) in [6.07, 6.45) is 8.31. The Balaban J connectivity index is 1.65. The van der Waals surface area contributed by atoms with E-state index in [9.17, 15) is 9.18 Å². The number of likely N-dealkylation sites (tertiary alicyclic amines) is 1. The molecule has 3 heterocycles. The number of hydrogen-bond acceptors (Lipinski definition) is 5. The molecule has 1 saturated heterocycles. The van der Waals surface area contributed by atoms with Crippen LogP contribution < -0.4 is 0 Å². The van der Waals surface area contributed by atoms with Gasteiger partial charge in [0.1, 0.15) is 5.82 Å². The minimum Gasteiger partial charge on any atom is -0.342 e. The average Bonchev–Trinajstić information content (AvgIpc) is 2.84. The number of rotatable bonds is 7. The van der Waals surface area contributed by atoms with E-state index in [1.807, 2.05) is 37.2 Å². The lowest BCUT2D eigenvalue weighted by Crippen LogP contribution is -2.39. The summed E-state index contributed by atoms with van der Waals surface area (Å²) >= 11 is 0. The van der Waals surface area contributed by atoms with Crippen molar-refractivity contribution in [2.45, 2.75) is 31.6 Å². The number of nitrogens with zero attached hydrogens (tertiary/aromatic N) is 5. The van der Waals surface area contributed by atoms with Gasteiger partial charge in [-0.15, -0.1) is 0 Å². The van der Waals surface area contributed by atoms with Crippen LogP contribution in [0.1, 0.15) is 37.3 Å². The molecule has 2 aromatic heterocycles. The summed E-state index contributed by atoms with van der Waals surface area (Å²) < 4.78 is 14.7. The summed E-state index contributed by atoms with van der Waals surface area (Å²) in [7, 11) is 4.03. The Hall–Kier alpha value is -3.19. The predicted molar refractivity (Wildman–Crippen MR) is 127 cm³/mol. The highest BCUT2D eigenvalue weighted by Gasteiger charge is 2.28. The first-order valence-electron chi connectivity index (χ1n) is 11.5. The smallest absolute Gasteiger partial charge is 0.222 e. The first kappa shape index (κ1) is 23.0. The molecule has 1 unspecified atom stereocenters. The van der Waals surface area contributed by atoms with Crippen molar-refractivity contribution in [3.8, 4) is 22.5 Å². The highest BCUT2D eigenvalue weighted by Crippen LogP contribution is 2.35. The third-order valence-electron chi connectivity index (χ3n) is 6.06. The van der Waals surface area contributed by atoms with E-state index in [2.05, 4.69) is 14.9 Å². The highest BCUT2D eigenvalue weighted by atomic mass is 19.1. The molecule has 1 amide bonds. The zero-order chi connectivity index (χ0) is 23.2. The van der Waals surface area contributed by atoms with E-state index in [1.165, 1.54) is 6.07 Å². The third-order valence-corrected chi connectivity index (χ3v) is 6.06. The number of hydrogen-bond donors (Lipinski definition) is 0. The number of carbonyl (C=O) groups is 1. The van der Waals surface area contributed by atoms with Crippen LogP contribution in [0.2, 0.25) is 0 Å². The Bertz CT molecular complexity index is 1090. The molecule has 4 rings (SSSR count). The van der Waals surface area contributed by atoms with Gasteiger partial charge in [-0.05, 0) is 58.1 Å². The molecule has 33 heavy (non-hydrogen) atoms. The van der Waals surface area contributed by atoms with Crippen LogP contribution in [0.25, 0.3) is 22.5 Å². The molecule has 1 atom stereocenters. The summed E-state index contributed by atoms with van der Waals surface area (Å²) in [5, 5.41) is 0. The fourth-order valence-electron chi connectivity index (χ4n) is 4.36. The molecule has 3 aromatic rings. The number of aromatic nitrogens is 3. The SMILES string of the molecule is CN(C)CCCC(=O)N1CCCC(c2nc(-c3cccnc3)ncc2-c2ccccc2F)C1. The van der Waals surface area contributed by atoms with Crippen molar-refractivity contribution in [2.75, 3.05) is 33.7 Å². The van der Waals surface area contributed by atoms with Gasteiger partial charge in [-0.1, -0.05) is 18.2 Å². The largest absolute Gasteiger partial charge is 0.342 e. The van der Waals surface area contributed by atoms with E-state index in [0.717, 1.165) is 43.6 Å². The monoisotopic (exact) mass is 447 g/mol. The first-order valence-corrected chi connectivity index (χ1v) is 11.5. The topological polar surface area (TPSA) is 62.2 Å². The third kappa shape index (κ3) is 5.60. The van der Waals surface area contributed by atoms with Gasteiger partial charge in [-0.2, -0.15) is 0 Å². The second kappa shape index (κ2) is 10.6. The molecule has 0 N–H and O–H groups in total. The second-order valence-electron chi connectivity index (χ2n) is 8.80. The first-order chi connectivity index (χ1) is 16.0. The normalized spacial score (nSPS) is 16.2. The van der Waals surface area contributed by atoms with Gasteiger partial charge >= 0.3 is 0 Å². The lowest BCUT2D eigenvalue weighted by molar-refractivity contribution is -0.132. The van der Waals surface area contributed by atoms with Crippen molar-refractivity contribution in [1.82, 2.24) is 24.8 Å². The molecule has 0 radical (unpaired) electrons. The van der Waals surface area contributed by atoms with Crippen molar-refractivity contribution in [1.29, 1.82) is 0 Å². The summed E-state index contributed by atoms with van der Waals surface area (Å²) in [6, 6.07) is 10.5. The molecule has 1 aliphatic rings. The van der Waals surface area contributed by atoms with Crippen molar-refractivity contribution in [2.24, 2.45) is 0 Å². The quantitative estimate of drug-likeness (QED) is 0.538. The Morgan fingerprint density at radius 3 is 2.76 bits per heavy atom. The average molecular weight is 448 g/mol. The van der Waals surface area contributed by atoms with Gasteiger partial charge in [-0.3, -0.25) is 9.78 Å². The van der Waals surface area contributed by atoms with Gasteiger partial charge in [0.25, 0.3) is 0 Å². The number of piperidine rings is 1. The van der Waals surface area contributed by atoms with Gasteiger partial charge < -0.3 is 9.80 Å². The number of halogens is 1. The minimum atomic E-state index is -0.302. The van der Waals surface area contributed by atoms with Gasteiger partial charge in [0.2, 0.25) is 5.91 Å². The predicted octanol–water partition coefficient (Wildman–Crippen LogP) is 4.39. The van der Waals surface area contributed by atoms with Crippen molar-refractivity contribution in [3.05, 3.63) is 66.5 Å². The second-order valence-corrected chi connectivity index (χ2v) is 8.80. The molecule has 7 heteroatoms. The Morgan fingerprint density at radius 1 is 1.15 bits per heavy atom. The number of benzene rings is 1. The maximum Gasteiger partial charge on any atom is 0.222 e. The zero-order valence-electron chi connectivity index (χ0n) is 19.2. The van der Waals surface area contributed by atoms with Gasteiger partial charge in [-0.25, -0.2) is 14.4 Å². The van der Waals surface area contributed by atoms with Crippen LogP contribution in [-0.4, -0.2) is 64.4 Å². The van der Waals surface area contributed by atoms with E-state index in [-0.39, 0.29) is 17.6 Å². The maximum absolute atomic E-state index is 14.7. The molecular formula is C26H30FN5O. The highest BCUT2D eigenvalue weighted by molar-refractivity contribution is 5.76. The fourth-order valence-corrected chi connectivity index (χ4v) is 4.36. The number of amides is 1. The van der Waals surface area contributed by atoms with Crippen molar-refractivity contribution in [3.63, 3.8) is 0 Å². The fraction of sp³-hybridized carbons (Fsp3) is 0.385. The summed E-state index contributed by atoms with van der Waals surface area (Å²) in [5.41, 5.74) is 2.78. The molecule has 0 aliphatic carbocycles. The molecular weight excluding hydrogens is 417 g/mol. The lowest BCUT2D eigenvalue weighted by Gasteiger charge is -2.33. The van der Waals surface area contributed by atoms with Crippen LogP contribution in [0.3, 0.4) is 0 Å². The van der Waals surface area contributed by atoms with Crippen LogP contribution in [0, 0.1) is 5.82 Å². The molecule has 1 fully saturated rings. The van der Waals surface area contributed by atoms with Crippen molar-refractivity contribution >= 4 is 5.91 Å². The minimum absolute atomic E-state index is 0.0181. The lowest BCUT2D eigenvalue weighted by atomic mass is 9.89. The number of carbonyl (C=O) groups excluding carboxylic acids is 1. The van der Waals surface area contributed by atoms with E-state index >= 15 is 0 Å². The zero-order valence-corrected chi connectivity index (χ0v) is 19.2. The summed E-state index contributed by atoms with van der Waals surface area (Å²) in [4.78, 5) is 30.5. The van der Waals surface area contributed by atoms with E-state index in [0.29, 0.717) is 29.9 Å². The standard InChI is InChI=1S/C26H30FN5O/c1-31(2)14-7-12-24(33)32-15-6-9-20(18-32)25-22(21-10-3-4-11-23(21)27)17-29-26(30-25)19-8-5-13-28-16-19/h3-5,8,10-11,13,16-17,20H,6-7,9,12,14-15,18H2,1-2H3. The van der Waals surface area contributed by atoms with Gasteiger partial charge in [0, 0.05) is 60.7 Å². The molecule has 6 nitrogen and oxygen atoms in total. The van der Waals surface area contributed by atoms with Crippen molar-refractivity contribution < 1.29 is 9.18 Å². The van der Waals surface area contributed by atoms with Crippen LogP contribution in [0.5, 0.6) is 0 Å². The Morgan fingerprint density at radius 2 is 2.00 bits per heavy atom. The van der Waals surface area contributed by atoms with Gasteiger partial charge in [0.05, 0.1) is 5.69 Å². The molecule has 1 aromatic carbocycles. The van der Waals surface area contributed by atoms with Crippen LogP contribution in [0.4, 0.5) is 4.39 Å². The Labute approximate surface area is 194 Å². The summed E-state index contributed by atoms with van der Waals surface area (Å²) in [6.45, 7) is 2.24. The van der Waals surface area contributed by atoms with Crippen LogP contribution in [-0.2, 0) is 4.79 Å². The molecule has 0 bridgehead atoms. The van der Waals surface area contributed by atoms with Crippen LogP contribution in [0.15, 0.2) is 55.0 Å². The summed E-state index contributed by atoms with van der Waals surface area (Å²) in [5.74, 6) is 0.455. The molecule has 1 aliphatic heterocycles. The molecule has 172 valence electrons.